The van der Waals surface area contributed by atoms with E-state index in [9.17, 15) is 9.90 Å². The van der Waals surface area contributed by atoms with Crippen molar-refractivity contribution in [2.45, 2.75) is 67.2 Å². The van der Waals surface area contributed by atoms with Crippen LogP contribution in [0.25, 0.3) is 0 Å². The summed E-state index contributed by atoms with van der Waals surface area (Å²) < 4.78 is 0. The van der Waals surface area contributed by atoms with Gasteiger partial charge in [-0.1, -0.05) is 57.9 Å². The van der Waals surface area contributed by atoms with Gasteiger partial charge in [-0.25, -0.2) is 0 Å². The molecule has 0 spiro atoms. The average Bonchev–Trinajstić information content (AvgIpc) is 2.45. The highest BCUT2D eigenvalue weighted by Gasteiger charge is 2.12. The van der Waals surface area contributed by atoms with Crippen molar-refractivity contribution in [3.8, 4) is 5.75 Å². The first-order valence-corrected chi connectivity index (χ1v) is 8.42. The molecule has 0 radical (unpaired) electrons. The van der Waals surface area contributed by atoms with Crippen molar-refractivity contribution in [1.82, 2.24) is 4.98 Å². The number of H-pyrrole nitrogens is 1. The molecule has 0 unspecified atom stereocenters. The Morgan fingerprint density at radius 1 is 1.30 bits per heavy atom. The molecular weight excluding hydrogens is 286 g/mol. The number of allylic oxidation sites excluding steroid dienone is 4. The molecule has 0 atom stereocenters. The minimum atomic E-state index is -0.198. The fraction of sp³-hybridized carbons (Fsp3) is 0.550. The number of nitrogens with one attached hydrogen (secondary N) is 1. The van der Waals surface area contributed by atoms with Gasteiger partial charge in [0, 0.05) is 17.7 Å². The van der Waals surface area contributed by atoms with Gasteiger partial charge in [-0.3, -0.25) is 4.79 Å². The van der Waals surface area contributed by atoms with E-state index in [1.165, 1.54) is 5.57 Å². The van der Waals surface area contributed by atoms with Crippen LogP contribution in [0.5, 0.6) is 5.75 Å². The summed E-state index contributed by atoms with van der Waals surface area (Å²) in [5, 5.41) is 10.2. The van der Waals surface area contributed by atoms with E-state index in [0.29, 0.717) is 12.0 Å². The zero-order valence-corrected chi connectivity index (χ0v) is 15.4. The van der Waals surface area contributed by atoms with Gasteiger partial charge >= 0.3 is 0 Å². The topological polar surface area (TPSA) is 53.1 Å². The Labute approximate surface area is 140 Å². The summed E-state index contributed by atoms with van der Waals surface area (Å²) in [5.41, 5.74) is 3.37. The molecule has 128 valence electrons. The van der Waals surface area contributed by atoms with Crippen LogP contribution in [0.3, 0.4) is 0 Å². The van der Waals surface area contributed by atoms with Gasteiger partial charge in [0.1, 0.15) is 5.75 Å². The third-order valence-electron chi connectivity index (χ3n) is 3.82. The summed E-state index contributed by atoms with van der Waals surface area (Å²) in [7, 11) is 0. The average molecular weight is 317 g/mol. The highest BCUT2D eigenvalue weighted by molar-refractivity contribution is 5.41. The summed E-state index contributed by atoms with van der Waals surface area (Å²) in [5.74, 6) is 0.157. The van der Waals surface area contributed by atoms with Gasteiger partial charge < -0.3 is 10.1 Å². The maximum absolute atomic E-state index is 11.9. The Kier molecular flexibility index (Phi) is 6.86. The van der Waals surface area contributed by atoms with Crippen molar-refractivity contribution < 1.29 is 5.11 Å². The molecule has 0 aliphatic carbocycles. The molecule has 1 aromatic rings. The molecule has 0 saturated heterocycles. The molecule has 23 heavy (non-hydrogen) atoms. The van der Waals surface area contributed by atoms with Crippen LogP contribution in [0.2, 0.25) is 0 Å². The molecule has 0 fully saturated rings. The summed E-state index contributed by atoms with van der Waals surface area (Å²) >= 11 is 0. The van der Waals surface area contributed by atoms with Crippen LogP contribution in [0.15, 0.2) is 28.6 Å². The lowest BCUT2D eigenvalue weighted by atomic mass is 9.95. The van der Waals surface area contributed by atoms with E-state index in [2.05, 4.69) is 57.8 Å². The first-order chi connectivity index (χ1) is 10.7. The van der Waals surface area contributed by atoms with Crippen molar-refractivity contribution in [3.05, 3.63) is 51.0 Å². The monoisotopic (exact) mass is 317 g/mol. The van der Waals surface area contributed by atoms with Gasteiger partial charge in [-0.05, 0) is 32.1 Å². The third-order valence-corrected chi connectivity index (χ3v) is 3.82. The maximum Gasteiger partial charge on any atom is 0.254 e. The molecule has 0 aromatic carbocycles. The zero-order valence-electron chi connectivity index (χ0n) is 15.4. The van der Waals surface area contributed by atoms with Gasteiger partial charge in [0.15, 0.2) is 0 Å². The van der Waals surface area contributed by atoms with Crippen molar-refractivity contribution in [2.75, 3.05) is 0 Å². The SMILES string of the molecule is CCCc1c(C/C=C(\C)C/C=C/C(C)(C)C)[nH]c(=O)c(C)c1O. The van der Waals surface area contributed by atoms with Crippen LogP contribution in [0, 0.1) is 12.3 Å². The van der Waals surface area contributed by atoms with Crippen LogP contribution in [0.1, 0.15) is 64.3 Å². The first kappa shape index (κ1) is 19.3. The van der Waals surface area contributed by atoms with Crippen molar-refractivity contribution in [3.63, 3.8) is 0 Å². The molecule has 1 aromatic heterocycles. The van der Waals surface area contributed by atoms with Gasteiger partial charge in [0.25, 0.3) is 5.56 Å². The van der Waals surface area contributed by atoms with E-state index in [1.54, 1.807) is 6.92 Å². The largest absolute Gasteiger partial charge is 0.507 e. The highest BCUT2D eigenvalue weighted by atomic mass is 16.3. The van der Waals surface area contributed by atoms with Crippen molar-refractivity contribution in [1.29, 1.82) is 0 Å². The zero-order chi connectivity index (χ0) is 17.6. The number of aromatic nitrogens is 1. The molecular formula is C20H31NO2. The van der Waals surface area contributed by atoms with Crippen LogP contribution in [-0.2, 0) is 12.8 Å². The Morgan fingerprint density at radius 2 is 1.96 bits per heavy atom. The molecule has 0 aliphatic heterocycles. The number of hydrogen-bond acceptors (Lipinski definition) is 2. The van der Waals surface area contributed by atoms with E-state index in [4.69, 9.17) is 0 Å². The third kappa shape index (κ3) is 6.09. The number of aromatic hydroxyl groups is 1. The van der Waals surface area contributed by atoms with Gasteiger partial charge in [-0.2, -0.15) is 0 Å². The predicted octanol–water partition coefficient (Wildman–Crippen LogP) is 4.82. The Balaban J connectivity index is 2.94. The van der Waals surface area contributed by atoms with Crippen LogP contribution in [0.4, 0.5) is 0 Å². The molecule has 0 bridgehead atoms. The van der Waals surface area contributed by atoms with Crippen LogP contribution < -0.4 is 5.56 Å². The standard InChI is InChI=1S/C20H31NO2/c1-7-9-16-17(21-19(23)15(3)18(16)22)12-11-14(2)10-8-13-20(4,5)6/h8,11,13H,7,9-10,12H2,1-6H3,(H2,21,22,23)/b13-8+,14-11+. The van der Waals surface area contributed by atoms with E-state index >= 15 is 0 Å². The van der Waals surface area contributed by atoms with Gasteiger partial charge in [-0.15, -0.1) is 0 Å². The Morgan fingerprint density at radius 3 is 2.52 bits per heavy atom. The lowest BCUT2D eigenvalue weighted by molar-refractivity contribution is 0.459. The lowest BCUT2D eigenvalue weighted by Gasteiger charge is -2.12. The van der Waals surface area contributed by atoms with Crippen LogP contribution >= 0.6 is 0 Å². The first-order valence-electron chi connectivity index (χ1n) is 8.42. The number of rotatable bonds is 6. The molecule has 0 aliphatic rings. The number of pyridine rings is 1. The highest BCUT2D eigenvalue weighted by Crippen LogP contribution is 2.24. The second kappa shape index (κ2) is 8.19. The van der Waals surface area contributed by atoms with E-state index in [1.807, 2.05) is 0 Å². The minimum absolute atomic E-state index is 0.157. The van der Waals surface area contributed by atoms with Gasteiger partial charge in [0.05, 0.1) is 5.56 Å². The fourth-order valence-electron chi connectivity index (χ4n) is 2.43. The van der Waals surface area contributed by atoms with Gasteiger partial charge in [0.2, 0.25) is 0 Å². The molecule has 1 rings (SSSR count). The minimum Gasteiger partial charge on any atom is -0.507 e. The smallest absolute Gasteiger partial charge is 0.254 e. The normalized spacial score (nSPS) is 13.0. The Bertz CT molecular complexity index is 643. The lowest BCUT2D eigenvalue weighted by Crippen LogP contribution is -2.15. The molecule has 0 saturated carbocycles. The van der Waals surface area contributed by atoms with Crippen LogP contribution in [-0.4, -0.2) is 10.1 Å². The summed E-state index contributed by atoms with van der Waals surface area (Å²) in [6, 6.07) is 0. The Hall–Kier alpha value is -1.77. The van der Waals surface area contributed by atoms with E-state index in [-0.39, 0.29) is 16.7 Å². The summed E-state index contributed by atoms with van der Waals surface area (Å²) in [6.07, 6.45) is 9.79. The molecule has 2 N–H and O–H groups in total. The number of hydrogen-bond donors (Lipinski definition) is 2. The summed E-state index contributed by atoms with van der Waals surface area (Å²) in [6.45, 7) is 12.4. The molecule has 3 nitrogen and oxygen atoms in total. The molecule has 3 heteroatoms. The second-order valence-electron chi connectivity index (χ2n) is 7.36. The maximum atomic E-state index is 11.9. The number of aromatic amines is 1. The predicted molar refractivity (Wildman–Crippen MR) is 98.1 cm³/mol. The second-order valence-corrected chi connectivity index (χ2v) is 7.36. The van der Waals surface area contributed by atoms with E-state index < -0.39 is 0 Å². The quantitative estimate of drug-likeness (QED) is 0.739. The summed E-state index contributed by atoms with van der Waals surface area (Å²) in [4.78, 5) is 14.8. The van der Waals surface area contributed by atoms with E-state index in [0.717, 1.165) is 30.5 Å². The fourth-order valence-corrected chi connectivity index (χ4v) is 2.43. The molecule has 1 heterocycles. The van der Waals surface area contributed by atoms with Crippen molar-refractivity contribution in [2.24, 2.45) is 5.41 Å². The van der Waals surface area contributed by atoms with Crippen molar-refractivity contribution >= 4 is 0 Å². The molecule has 0 amide bonds.